The van der Waals surface area contributed by atoms with E-state index in [1.165, 1.54) is 5.56 Å². The van der Waals surface area contributed by atoms with E-state index in [4.69, 9.17) is 16.3 Å². The van der Waals surface area contributed by atoms with Crippen molar-refractivity contribution in [3.63, 3.8) is 0 Å². The standard InChI is InChI=1S/C21H20ClN3O2/c1-2-15-5-3-4-6-19(15)24-17-9-12-20(23-13-17)25-21(26)14-27-18-10-7-16(22)8-11-18/h3-13,24H,2,14H2,1H3,(H,23,25,26). The highest BCUT2D eigenvalue weighted by Gasteiger charge is 2.06. The summed E-state index contributed by atoms with van der Waals surface area (Å²) in [6.07, 6.45) is 2.63. The van der Waals surface area contributed by atoms with Crippen LogP contribution >= 0.6 is 11.6 Å². The van der Waals surface area contributed by atoms with Gasteiger partial charge >= 0.3 is 0 Å². The van der Waals surface area contributed by atoms with Crippen molar-refractivity contribution in [1.29, 1.82) is 0 Å². The minimum Gasteiger partial charge on any atom is -0.484 e. The number of carbonyl (C=O) groups excluding carboxylic acids is 1. The zero-order valence-electron chi connectivity index (χ0n) is 14.9. The van der Waals surface area contributed by atoms with Crippen molar-refractivity contribution in [1.82, 2.24) is 4.98 Å². The van der Waals surface area contributed by atoms with Crippen LogP contribution in [0.5, 0.6) is 5.75 Å². The van der Waals surface area contributed by atoms with E-state index in [0.29, 0.717) is 16.6 Å². The van der Waals surface area contributed by atoms with E-state index < -0.39 is 0 Å². The molecule has 1 heterocycles. The first-order valence-corrected chi connectivity index (χ1v) is 9.01. The molecule has 0 aliphatic rings. The second kappa shape index (κ2) is 9.05. The molecular formula is C21H20ClN3O2. The minimum absolute atomic E-state index is 0.104. The number of rotatable bonds is 7. The fourth-order valence-corrected chi connectivity index (χ4v) is 2.63. The van der Waals surface area contributed by atoms with E-state index in [0.717, 1.165) is 17.8 Å². The zero-order chi connectivity index (χ0) is 19.1. The molecule has 2 N–H and O–H groups in total. The molecule has 5 nitrogen and oxygen atoms in total. The summed E-state index contributed by atoms with van der Waals surface area (Å²) in [5.41, 5.74) is 3.13. The van der Waals surface area contributed by atoms with Gasteiger partial charge in [-0.05, 0) is 54.4 Å². The van der Waals surface area contributed by atoms with E-state index in [-0.39, 0.29) is 12.5 Å². The van der Waals surface area contributed by atoms with E-state index >= 15 is 0 Å². The van der Waals surface area contributed by atoms with Gasteiger partial charge in [-0.25, -0.2) is 4.98 Å². The fourth-order valence-electron chi connectivity index (χ4n) is 2.51. The van der Waals surface area contributed by atoms with Gasteiger partial charge < -0.3 is 15.4 Å². The molecule has 138 valence electrons. The van der Waals surface area contributed by atoms with Crippen LogP contribution in [0.25, 0.3) is 0 Å². The van der Waals surface area contributed by atoms with Crippen LogP contribution in [0.2, 0.25) is 5.02 Å². The molecule has 2 aromatic carbocycles. The Kier molecular flexibility index (Phi) is 6.28. The SMILES string of the molecule is CCc1ccccc1Nc1ccc(NC(=O)COc2ccc(Cl)cc2)nc1. The molecule has 0 unspecified atom stereocenters. The summed E-state index contributed by atoms with van der Waals surface area (Å²) in [7, 11) is 0. The van der Waals surface area contributed by atoms with Crippen LogP contribution in [0.15, 0.2) is 66.9 Å². The Morgan fingerprint density at radius 2 is 1.85 bits per heavy atom. The first kappa shape index (κ1) is 18.7. The van der Waals surface area contributed by atoms with Crippen LogP contribution in [0.3, 0.4) is 0 Å². The number of nitrogens with one attached hydrogen (secondary N) is 2. The number of benzene rings is 2. The highest BCUT2D eigenvalue weighted by atomic mass is 35.5. The Labute approximate surface area is 163 Å². The minimum atomic E-state index is -0.283. The molecule has 1 aromatic heterocycles. The highest BCUT2D eigenvalue weighted by Crippen LogP contribution is 2.21. The smallest absolute Gasteiger partial charge is 0.263 e. The molecule has 3 rings (SSSR count). The van der Waals surface area contributed by atoms with Gasteiger partial charge in [0, 0.05) is 10.7 Å². The largest absolute Gasteiger partial charge is 0.484 e. The van der Waals surface area contributed by atoms with Gasteiger partial charge in [-0.2, -0.15) is 0 Å². The molecule has 6 heteroatoms. The van der Waals surface area contributed by atoms with Crippen molar-refractivity contribution in [2.75, 3.05) is 17.2 Å². The molecular weight excluding hydrogens is 362 g/mol. The first-order valence-electron chi connectivity index (χ1n) is 8.63. The lowest BCUT2D eigenvalue weighted by molar-refractivity contribution is -0.118. The molecule has 0 spiro atoms. The number of hydrogen-bond donors (Lipinski definition) is 2. The highest BCUT2D eigenvalue weighted by molar-refractivity contribution is 6.30. The number of aryl methyl sites for hydroxylation is 1. The Hall–Kier alpha value is -3.05. The maximum atomic E-state index is 12.0. The lowest BCUT2D eigenvalue weighted by Gasteiger charge is -2.11. The van der Waals surface area contributed by atoms with Crippen molar-refractivity contribution in [2.24, 2.45) is 0 Å². The number of ether oxygens (including phenoxy) is 1. The summed E-state index contributed by atoms with van der Waals surface area (Å²) in [6, 6.07) is 18.6. The number of anilines is 3. The first-order chi connectivity index (χ1) is 13.1. The quantitative estimate of drug-likeness (QED) is 0.600. The van der Waals surface area contributed by atoms with Gasteiger partial charge in [0.2, 0.25) is 0 Å². The monoisotopic (exact) mass is 381 g/mol. The number of nitrogens with zero attached hydrogens (tertiary/aromatic N) is 1. The average molecular weight is 382 g/mol. The summed E-state index contributed by atoms with van der Waals surface area (Å²) in [5, 5.41) is 6.67. The lowest BCUT2D eigenvalue weighted by atomic mass is 10.1. The van der Waals surface area contributed by atoms with Gasteiger partial charge in [0.1, 0.15) is 11.6 Å². The van der Waals surface area contributed by atoms with E-state index in [9.17, 15) is 4.79 Å². The van der Waals surface area contributed by atoms with Crippen molar-refractivity contribution in [3.8, 4) is 5.75 Å². The van der Waals surface area contributed by atoms with Gasteiger partial charge in [0.15, 0.2) is 6.61 Å². The maximum absolute atomic E-state index is 12.0. The predicted molar refractivity (Wildman–Crippen MR) is 109 cm³/mol. The van der Waals surface area contributed by atoms with E-state index in [2.05, 4.69) is 28.6 Å². The molecule has 0 radical (unpaired) electrons. The van der Waals surface area contributed by atoms with Crippen molar-refractivity contribution in [3.05, 3.63) is 77.4 Å². The Morgan fingerprint density at radius 1 is 1.07 bits per heavy atom. The fraction of sp³-hybridized carbons (Fsp3) is 0.143. The molecule has 0 aliphatic carbocycles. The predicted octanol–water partition coefficient (Wildman–Crippen LogP) is 5.06. The van der Waals surface area contributed by atoms with Gasteiger partial charge in [-0.15, -0.1) is 0 Å². The number of aromatic nitrogens is 1. The molecule has 1 amide bonds. The summed E-state index contributed by atoms with van der Waals surface area (Å²) in [6.45, 7) is 2.01. The van der Waals surface area contributed by atoms with Crippen LogP contribution in [0, 0.1) is 0 Å². The topological polar surface area (TPSA) is 63.2 Å². The van der Waals surface area contributed by atoms with Crippen LogP contribution in [0.4, 0.5) is 17.2 Å². The van der Waals surface area contributed by atoms with Gasteiger partial charge in [-0.3, -0.25) is 4.79 Å². The molecule has 27 heavy (non-hydrogen) atoms. The third-order valence-corrected chi connectivity index (χ3v) is 4.14. The third kappa shape index (κ3) is 5.46. The Bertz CT molecular complexity index is 896. The molecule has 0 aliphatic heterocycles. The van der Waals surface area contributed by atoms with Crippen LogP contribution < -0.4 is 15.4 Å². The molecule has 0 bridgehead atoms. The molecule has 3 aromatic rings. The molecule has 0 saturated heterocycles. The summed E-state index contributed by atoms with van der Waals surface area (Å²) < 4.78 is 5.41. The second-order valence-electron chi connectivity index (χ2n) is 5.86. The summed E-state index contributed by atoms with van der Waals surface area (Å²) in [4.78, 5) is 16.3. The number of pyridine rings is 1. The number of hydrogen-bond acceptors (Lipinski definition) is 4. The van der Waals surface area contributed by atoms with Crippen molar-refractivity contribution >= 4 is 34.7 Å². The van der Waals surface area contributed by atoms with Crippen LogP contribution in [0.1, 0.15) is 12.5 Å². The number of carbonyl (C=O) groups is 1. The normalized spacial score (nSPS) is 10.3. The van der Waals surface area contributed by atoms with Gasteiger partial charge in [0.25, 0.3) is 5.91 Å². The van der Waals surface area contributed by atoms with Crippen LogP contribution in [-0.4, -0.2) is 17.5 Å². The van der Waals surface area contributed by atoms with E-state index in [1.807, 2.05) is 24.3 Å². The number of halogens is 1. The third-order valence-electron chi connectivity index (χ3n) is 3.89. The average Bonchev–Trinajstić information content (AvgIpc) is 2.69. The Balaban J connectivity index is 1.54. The van der Waals surface area contributed by atoms with Gasteiger partial charge in [0.05, 0.1) is 11.9 Å². The summed E-state index contributed by atoms with van der Waals surface area (Å²) >= 11 is 5.81. The van der Waals surface area contributed by atoms with Crippen LogP contribution in [-0.2, 0) is 11.2 Å². The summed E-state index contributed by atoms with van der Waals surface area (Å²) in [5.74, 6) is 0.764. The lowest BCUT2D eigenvalue weighted by Crippen LogP contribution is -2.20. The van der Waals surface area contributed by atoms with Crippen molar-refractivity contribution < 1.29 is 9.53 Å². The molecule has 0 atom stereocenters. The molecule has 0 saturated carbocycles. The molecule has 0 fully saturated rings. The van der Waals surface area contributed by atoms with Gasteiger partial charge in [-0.1, -0.05) is 36.7 Å². The van der Waals surface area contributed by atoms with E-state index in [1.54, 1.807) is 36.5 Å². The number of amides is 1. The second-order valence-corrected chi connectivity index (χ2v) is 6.30. The number of para-hydroxylation sites is 1. The van der Waals surface area contributed by atoms with Crippen molar-refractivity contribution in [2.45, 2.75) is 13.3 Å². The Morgan fingerprint density at radius 3 is 2.56 bits per heavy atom. The maximum Gasteiger partial charge on any atom is 0.263 e. The zero-order valence-corrected chi connectivity index (χ0v) is 15.7.